The maximum atomic E-state index is 4.52. The summed E-state index contributed by atoms with van der Waals surface area (Å²) < 4.78 is 0. The topological polar surface area (TPSA) is 31.9 Å². The average Bonchev–Trinajstić information content (AvgIpc) is 2.74. The van der Waals surface area contributed by atoms with Crippen LogP contribution < -0.4 is 4.90 Å². The van der Waals surface area contributed by atoms with Gasteiger partial charge in [-0.05, 0) is 18.2 Å². The van der Waals surface area contributed by atoms with Crippen molar-refractivity contribution in [3.05, 3.63) is 48.7 Å². The van der Waals surface area contributed by atoms with E-state index in [-0.39, 0.29) is 0 Å². The molecular weight excluding hydrogens is 186 g/mol. The second-order valence-electron chi connectivity index (χ2n) is 3.50. The van der Waals surface area contributed by atoms with Crippen LogP contribution in [0.2, 0.25) is 0 Å². The van der Waals surface area contributed by atoms with E-state index in [0.29, 0.717) is 0 Å². The van der Waals surface area contributed by atoms with Crippen LogP contribution in [-0.2, 0) is 0 Å². The van der Waals surface area contributed by atoms with E-state index in [0.717, 1.165) is 23.5 Å². The number of benzene rings is 1. The van der Waals surface area contributed by atoms with Crippen molar-refractivity contribution in [2.24, 2.45) is 0 Å². The SMILES string of the molecule is C1=CCN(c2nc3ccccc3[nH]2)C=C1. The molecule has 1 aromatic heterocycles. The summed E-state index contributed by atoms with van der Waals surface area (Å²) in [6.07, 6.45) is 8.18. The third-order valence-corrected chi connectivity index (χ3v) is 2.46. The highest BCUT2D eigenvalue weighted by Crippen LogP contribution is 2.17. The monoisotopic (exact) mass is 197 g/mol. The van der Waals surface area contributed by atoms with E-state index in [9.17, 15) is 0 Å². The molecule has 1 aliphatic rings. The molecule has 0 aliphatic carbocycles. The molecule has 0 radical (unpaired) electrons. The fraction of sp³-hybridized carbons (Fsp3) is 0.0833. The van der Waals surface area contributed by atoms with E-state index >= 15 is 0 Å². The zero-order valence-corrected chi connectivity index (χ0v) is 8.22. The number of para-hydroxylation sites is 2. The van der Waals surface area contributed by atoms with E-state index in [1.54, 1.807) is 0 Å². The molecule has 0 amide bonds. The van der Waals surface area contributed by atoms with Crippen molar-refractivity contribution in [3.8, 4) is 0 Å². The largest absolute Gasteiger partial charge is 0.324 e. The second kappa shape index (κ2) is 3.28. The maximum absolute atomic E-state index is 4.52. The van der Waals surface area contributed by atoms with Gasteiger partial charge in [0, 0.05) is 12.7 Å². The van der Waals surface area contributed by atoms with Crippen LogP contribution in [0.1, 0.15) is 0 Å². The third-order valence-electron chi connectivity index (χ3n) is 2.46. The summed E-state index contributed by atoms with van der Waals surface area (Å²) in [6.45, 7) is 0.871. The predicted molar refractivity (Wildman–Crippen MR) is 61.7 cm³/mol. The summed E-state index contributed by atoms with van der Waals surface area (Å²) in [5.41, 5.74) is 2.09. The number of nitrogens with zero attached hydrogens (tertiary/aromatic N) is 2. The van der Waals surface area contributed by atoms with Gasteiger partial charge >= 0.3 is 0 Å². The van der Waals surface area contributed by atoms with Gasteiger partial charge in [-0.15, -0.1) is 0 Å². The fourth-order valence-corrected chi connectivity index (χ4v) is 1.70. The smallest absolute Gasteiger partial charge is 0.208 e. The van der Waals surface area contributed by atoms with Crippen LogP contribution in [0.4, 0.5) is 5.95 Å². The average molecular weight is 197 g/mol. The molecule has 3 rings (SSSR count). The van der Waals surface area contributed by atoms with Gasteiger partial charge in [-0.2, -0.15) is 0 Å². The van der Waals surface area contributed by atoms with Crippen molar-refractivity contribution >= 4 is 17.0 Å². The van der Waals surface area contributed by atoms with Crippen LogP contribution in [0.5, 0.6) is 0 Å². The van der Waals surface area contributed by atoms with Gasteiger partial charge in [-0.3, -0.25) is 0 Å². The molecule has 0 fully saturated rings. The first-order chi connectivity index (χ1) is 7.43. The quantitative estimate of drug-likeness (QED) is 0.761. The lowest BCUT2D eigenvalue weighted by molar-refractivity contribution is 1.01. The normalized spacial score (nSPS) is 15.1. The Labute approximate surface area is 87.7 Å². The predicted octanol–water partition coefficient (Wildman–Crippen LogP) is 2.45. The Morgan fingerprint density at radius 1 is 1.20 bits per heavy atom. The van der Waals surface area contributed by atoms with E-state index in [1.165, 1.54) is 0 Å². The minimum atomic E-state index is 0.871. The molecule has 0 atom stereocenters. The summed E-state index contributed by atoms with van der Waals surface area (Å²) in [6, 6.07) is 8.06. The molecule has 0 unspecified atom stereocenters. The number of nitrogens with one attached hydrogen (secondary N) is 1. The molecular formula is C12H11N3. The van der Waals surface area contributed by atoms with Crippen molar-refractivity contribution in [2.45, 2.75) is 0 Å². The molecule has 1 aromatic carbocycles. The third kappa shape index (κ3) is 1.42. The lowest BCUT2D eigenvalue weighted by atomic mass is 10.3. The zero-order valence-electron chi connectivity index (χ0n) is 8.22. The van der Waals surface area contributed by atoms with Crippen molar-refractivity contribution in [1.82, 2.24) is 9.97 Å². The number of aromatic nitrogens is 2. The Morgan fingerprint density at radius 2 is 2.13 bits per heavy atom. The number of hydrogen-bond donors (Lipinski definition) is 1. The van der Waals surface area contributed by atoms with Gasteiger partial charge < -0.3 is 9.88 Å². The molecule has 2 aromatic rings. The molecule has 0 bridgehead atoms. The van der Waals surface area contributed by atoms with Gasteiger partial charge in [0.2, 0.25) is 5.95 Å². The maximum Gasteiger partial charge on any atom is 0.208 e. The Balaban J connectivity index is 2.04. The van der Waals surface area contributed by atoms with Crippen molar-refractivity contribution < 1.29 is 0 Å². The van der Waals surface area contributed by atoms with Crippen molar-refractivity contribution in [3.63, 3.8) is 0 Å². The van der Waals surface area contributed by atoms with Gasteiger partial charge in [0.1, 0.15) is 0 Å². The molecule has 3 heteroatoms. The Morgan fingerprint density at radius 3 is 2.93 bits per heavy atom. The first-order valence-electron chi connectivity index (χ1n) is 4.98. The molecule has 1 aliphatic heterocycles. The molecule has 0 spiro atoms. The van der Waals surface area contributed by atoms with E-state index in [4.69, 9.17) is 0 Å². The summed E-state index contributed by atoms with van der Waals surface area (Å²) in [4.78, 5) is 9.90. The molecule has 0 saturated carbocycles. The number of imidazole rings is 1. The molecule has 74 valence electrons. The van der Waals surface area contributed by atoms with Crippen LogP contribution in [0.25, 0.3) is 11.0 Å². The second-order valence-corrected chi connectivity index (χ2v) is 3.50. The van der Waals surface area contributed by atoms with E-state index in [1.807, 2.05) is 42.6 Å². The zero-order chi connectivity index (χ0) is 10.1. The molecule has 0 saturated heterocycles. The minimum Gasteiger partial charge on any atom is -0.324 e. The highest BCUT2D eigenvalue weighted by atomic mass is 15.2. The first kappa shape index (κ1) is 8.29. The van der Waals surface area contributed by atoms with Gasteiger partial charge in [0.15, 0.2) is 0 Å². The number of fused-ring (bicyclic) bond motifs is 1. The van der Waals surface area contributed by atoms with Crippen molar-refractivity contribution in [2.75, 3.05) is 11.4 Å². The Bertz CT molecular complexity index is 504. The number of anilines is 1. The summed E-state index contributed by atoms with van der Waals surface area (Å²) in [5, 5.41) is 0. The highest BCUT2D eigenvalue weighted by molar-refractivity contribution is 5.77. The van der Waals surface area contributed by atoms with Crippen molar-refractivity contribution in [1.29, 1.82) is 0 Å². The van der Waals surface area contributed by atoms with Gasteiger partial charge in [-0.25, -0.2) is 4.98 Å². The summed E-state index contributed by atoms with van der Waals surface area (Å²) in [5.74, 6) is 0.900. The van der Waals surface area contributed by atoms with Crippen LogP contribution in [0, 0.1) is 0 Å². The van der Waals surface area contributed by atoms with Crippen LogP contribution in [-0.4, -0.2) is 16.5 Å². The van der Waals surface area contributed by atoms with Gasteiger partial charge in [0.05, 0.1) is 11.0 Å². The molecule has 2 heterocycles. The highest BCUT2D eigenvalue weighted by Gasteiger charge is 2.08. The molecule has 15 heavy (non-hydrogen) atoms. The van der Waals surface area contributed by atoms with Crippen LogP contribution >= 0.6 is 0 Å². The number of H-pyrrole nitrogens is 1. The molecule has 1 N–H and O–H groups in total. The Kier molecular flexibility index (Phi) is 1.81. The van der Waals surface area contributed by atoms with E-state index in [2.05, 4.69) is 20.9 Å². The lowest BCUT2D eigenvalue weighted by Gasteiger charge is -2.16. The number of aromatic amines is 1. The summed E-state index contributed by atoms with van der Waals surface area (Å²) in [7, 11) is 0. The summed E-state index contributed by atoms with van der Waals surface area (Å²) >= 11 is 0. The number of allylic oxidation sites excluding steroid dienone is 2. The fourth-order valence-electron chi connectivity index (χ4n) is 1.70. The minimum absolute atomic E-state index is 0.871. The van der Waals surface area contributed by atoms with E-state index < -0.39 is 0 Å². The standard InChI is InChI=1S/C12H11N3/c1-4-8-15(9-5-1)12-13-10-6-2-3-7-11(10)14-12/h1-8H,9H2,(H,13,14). The van der Waals surface area contributed by atoms with Crippen LogP contribution in [0.15, 0.2) is 48.7 Å². The number of hydrogen-bond acceptors (Lipinski definition) is 2. The van der Waals surface area contributed by atoms with Gasteiger partial charge in [-0.1, -0.05) is 24.3 Å². The lowest BCUT2D eigenvalue weighted by Crippen LogP contribution is -2.18. The van der Waals surface area contributed by atoms with Crippen LogP contribution in [0.3, 0.4) is 0 Å². The van der Waals surface area contributed by atoms with Gasteiger partial charge in [0.25, 0.3) is 0 Å². The molecule has 3 nitrogen and oxygen atoms in total. The Hall–Kier alpha value is -2.03. The first-order valence-corrected chi connectivity index (χ1v) is 4.98. The number of rotatable bonds is 1.